The number of hydrogen-bond donors (Lipinski definition) is 1. The fourth-order valence-electron chi connectivity index (χ4n) is 3.59. The van der Waals surface area contributed by atoms with Crippen LogP contribution in [-0.2, 0) is 11.2 Å². The summed E-state index contributed by atoms with van der Waals surface area (Å²) in [4.78, 5) is 23.2. The third kappa shape index (κ3) is 2.91. The van der Waals surface area contributed by atoms with E-state index >= 15 is 0 Å². The van der Waals surface area contributed by atoms with Gasteiger partial charge in [-0.05, 0) is 37.5 Å². The SMILES string of the molecule is Cc1oc2cc3oc(=O)c(CCC(=O)O)c(C)c3cc2c1-c1ccccc1. The van der Waals surface area contributed by atoms with Gasteiger partial charge in [0, 0.05) is 34.4 Å². The van der Waals surface area contributed by atoms with Gasteiger partial charge >= 0.3 is 11.6 Å². The summed E-state index contributed by atoms with van der Waals surface area (Å²) in [6.07, 6.45) is 0.0346. The largest absolute Gasteiger partial charge is 0.481 e. The molecule has 0 saturated heterocycles. The molecule has 2 heterocycles. The van der Waals surface area contributed by atoms with Crippen LogP contribution in [0.15, 0.2) is 56.1 Å². The molecule has 0 unspecified atom stereocenters. The van der Waals surface area contributed by atoms with E-state index in [0.717, 1.165) is 33.2 Å². The highest BCUT2D eigenvalue weighted by Crippen LogP contribution is 2.37. The Hall–Kier alpha value is -3.34. The number of carboxylic acid groups (broad SMARTS) is 1. The Bertz CT molecular complexity index is 1230. The monoisotopic (exact) mass is 362 g/mol. The highest BCUT2D eigenvalue weighted by atomic mass is 16.4. The normalized spacial score (nSPS) is 11.3. The van der Waals surface area contributed by atoms with Crippen molar-refractivity contribution in [3.8, 4) is 11.1 Å². The lowest BCUT2D eigenvalue weighted by molar-refractivity contribution is -0.136. The van der Waals surface area contributed by atoms with E-state index in [0.29, 0.717) is 16.7 Å². The van der Waals surface area contributed by atoms with Crippen LogP contribution in [-0.4, -0.2) is 11.1 Å². The molecule has 0 radical (unpaired) electrons. The zero-order chi connectivity index (χ0) is 19.1. The third-order valence-electron chi connectivity index (χ3n) is 4.92. The fraction of sp³-hybridized carbons (Fsp3) is 0.182. The van der Waals surface area contributed by atoms with Crippen molar-refractivity contribution in [2.24, 2.45) is 0 Å². The molecule has 0 amide bonds. The number of carbonyl (C=O) groups is 1. The smallest absolute Gasteiger partial charge is 0.339 e. The lowest BCUT2D eigenvalue weighted by Gasteiger charge is -2.07. The van der Waals surface area contributed by atoms with Gasteiger partial charge in [0.1, 0.15) is 16.9 Å². The molecule has 4 aromatic rings. The van der Waals surface area contributed by atoms with Gasteiger partial charge in [-0.1, -0.05) is 30.3 Å². The number of fused-ring (bicyclic) bond motifs is 2. The summed E-state index contributed by atoms with van der Waals surface area (Å²) in [5.74, 6) is -0.154. The fourth-order valence-corrected chi connectivity index (χ4v) is 3.59. The predicted molar refractivity (Wildman–Crippen MR) is 103 cm³/mol. The number of benzene rings is 2. The first-order valence-corrected chi connectivity index (χ1v) is 8.72. The van der Waals surface area contributed by atoms with Gasteiger partial charge < -0.3 is 13.9 Å². The maximum atomic E-state index is 12.3. The van der Waals surface area contributed by atoms with Gasteiger partial charge in [0.15, 0.2) is 0 Å². The van der Waals surface area contributed by atoms with Gasteiger partial charge in [-0.25, -0.2) is 4.79 Å². The minimum atomic E-state index is -0.943. The molecule has 2 aromatic carbocycles. The maximum absolute atomic E-state index is 12.3. The third-order valence-corrected chi connectivity index (χ3v) is 4.92. The van der Waals surface area contributed by atoms with E-state index in [1.165, 1.54) is 0 Å². The standard InChI is InChI=1S/C22H18O5/c1-12-15(8-9-20(23)24)22(25)27-18-11-19-17(10-16(12)18)21(13(2)26-19)14-6-4-3-5-7-14/h3-7,10-11H,8-9H2,1-2H3,(H,23,24). The second-order valence-corrected chi connectivity index (χ2v) is 6.63. The number of hydrogen-bond acceptors (Lipinski definition) is 4. The van der Waals surface area contributed by atoms with Crippen molar-refractivity contribution in [2.45, 2.75) is 26.7 Å². The number of rotatable bonds is 4. The Labute approximate surface area is 154 Å². The summed E-state index contributed by atoms with van der Waals surface area (Å²) >= 11 is 0. The highest BCUT2D eigenvalue weighted by molar-refractivity contribution is 6.03. The Morgan fingerprint density at radius 3 is 2.41 bits per heavy atom. The number of aryl methyl sites for hydroxylation is 2. The first-order chi connectivity index (χ1) is 13.0. The van der Waals surface area contributed by atoms with Crippen molar-refractivity contribution in [1.29, 1.82) is 0 Å². The van der Waals surface area contributed by atoms with E-state index in [-0.39, 0.29) is 12.8 Å². The molecule has 136 valence electrons. The zero-order valence-corrected chi connectivity index (χ0v) is 15.0. The summed E-state index contributed by atoms with van der Waals surface area (Å²) < 4.78 is 11.4. The molecule has 0 atom stereocenters. The molecule has 5 heteroatoms. The topological polar surface area (TPSA) is 80.7 Å². The van der Waals surface area contributed by atoms with E-state index in [4.69, 9.17) is 13.9 Å². The van der Waals surface area contributed by atoms with E-state index in [2.05, 4.69) is 0 Å². The van der Waals surface area contributed by atoms with Crippen LogP contribution in [0, 0.1) is 13.8 Å². The molecule has 1 N–H and O–H groups in total. The molecule has 5 nitrogen and oxygen atoms in total. The van der Waals surface area contributed by atoms with Gasteiger partial charge in [0.25, 0.3) is 0 Å². The Morgan fingerprint density at radius 1 is 1.00 bits per heavy atom. The Kier molecular flexibility index (Phi) is 4.07. The molecule has 0 spiro atoms. The second-order valence-electron chi connectivity index (χ2n) is 6.63. The maximum Gasteiger partial charge on any atom is 0.339 e. The Morgan fingerprint density at radius 2 is 1.70 bits per heavy atom. The van der Waals surface area contributed by atoms with Crippen molar-refractivity contribution in [3.63, 3.8) is 0 Å². The molecule has 0 bridgehead atoms. The molecule has 27 heavy (non-hydrogen) atoms. The number of carboxylic acids is 1. The van der Waals surface area contributed by atoms with Crippen LogP contribution >= 0.6 is 0 Å². The van der Waals surface area contributed by atoms with Crippen molar-refractivity contribution < 1.29 is 18.7 Å². The van der Waals surface area contributed by atoms with Gasteiger partial charge in [0.2, 0.25) is 0 Å². The molecule has 0 aliphatic heterocycles. The highest BCUT2D eigenvalue weighted by Gasteiger charge is 2.18. The van der Waals surface area contributed by atoms with Crippen LogP contribution in [0.4, 0.5) is 0 Å². The van der Waals surface area contributed by atoms with Gasteiger partial charge in [-0.3, -0.25) is 4.79 Å². The minimum absolute atomic E-state index is 0.112. The first-order valence-electron chi connectivity index (χ1n) is 8.72. The molecule has 2 aromatic heterocycles. The van der Waals surface area contributed by atoms with Crippen LogP contribution in [0.1, 0.15) is 23.3 Å². The van der Waals surface area contributed by atoms with Gasteiger partial charge in [-0.2, -0.15) is 0 Å². The zero-order valence-electron chi connectivity index (χ0n) is 15.0. The summed E-state index contributed by atoms with van der Waals surface area (Å²) in [5.41, 5.74) is 3.82. The molecule has 0 aliphatic carbocycles. The number of furan rings is 1. The van der Waals surface area contributed by atoms with E-state index in [1.54, 1.807) is 6.07 Å². The van der Waals surface area contributed by atoms with Crippen LogP contribution in [0.2, 0.25) is 0 Å². The number of aliphatic carboxylic acids is 1. The molecule has 0 saturated carbocycles. The van der Waals surface area contributed by atoms with Crippen molar-refractivity contribution in [2.75, 3.05) is 0 Å². The van der Waals surface area contributed by atoms with Crippen LogP contribution in [0.3, 0.4) is 0 Å². The van der Waals surface area contributed by atoms with Crippen LogP contribution < -0.4 is 5.63 Å². The molecule has 4 rings (SSSR count). The van der Waals surface area contributed by atoms with Gasteiger partial charge in [0.05, 0.1) is 0 Å². The quantitative estimate of drug-likeness (QED) is 0.525. The summed E-state index contributed by atoms with van der Waals surface area (Å²) in [5, 5.41) is 10.7. The van der Waals surface area contributed by atoms with E-state index in [1.807, 2.05) is 50.2 Å². The van der Waals surface area contributed by atoms with Crippen LogP contribution in [0.25, 0.3) is 33.1 Å². The van der Waals surface area contributed by atoms with Crippen molar-refractivity contribution in [3.05, 3.63) is 69.8 Å². The molecule has 0 fully saturated rings. The molecular weight excluding hydrogens is 344 g/mol. The summed E-state index contributed by atoms with van der Waals surface area (Å²) in [7, 11) is 0. The lowest BCUT2D eigenvalue weighted by atomic mass is 9.98. The average molecular weight is 362 g/mol. The van der Waals surface area contributed by atoms with Crippen molar-refractivity contribution >= 4 is 27.9 Å². The van der Waals surface area contributed by atoms with E-state index in [9.17, 15) is 9.59 Å². The second kappa shape index (κ2) is 6.43. The van der Waals surface area contributed by atoms with Gasteiger partial charge in [-0.15, -0.1) is 0 Å². The average Bonchev–Trinajstić information content (AvgIpc) is 2.95. The summed E-state index contributed by atoms with van der Waals surface area (Å²) in [6.45, 7) is 3.74. The predicted octanol–water partition coefficient (Wildman–Crippen LogP) is 4.84. The van der Waals surface area contributed by atoms with Crippen molar-refractivity contribution in [1.82, 2.24) is 0 Å². The van der Waals surface area contributed by atoms with E-state index < -0.39 is 11.6 Å². The lowest BCUT2D eigenvalue weighted by Crippen LogP contribution is -2.12. The Balaban J connectivity index is 1.98. The molecular formula is C22H18O5. The minimum Gasteiger partial charge on any atom is -0.481 e. The molecule has 0 aliphatic rings. The van der Waals surface area contributed by atoms with Crippen LogP contribution in [0.5, 0.6) is 0 Å². The summed E-state index contributed by atoms with van der Waals surface area (Å²) in [6, 6.07) is 13.7. The first kappa shape index (κ1) is 17.1.